The number of rotatable bonds is 8. The van der Waals surface area contributed by atoms with Crippen molar-refractivity contribution < 1.29 is 14.3 Å². The van der Waals surface area contributed by atoms with Gasteiger partial charge < -0.3 is 19.7 Å². The lowest BCUT2D eigenvalue weighted by molar-refractivity contribution is 0.0746. The van der Waals surface area contributed by atoms with E-state index >= 15 is 0 Å². The van der Waals surface area contributed by atoms with E-state index in [1.165, 1.54) is 0 Å². The fraction of sp³-hybridized carbons (Fsp3) is 0.227. The van der Waals surface area contributed by atoms with Gasteiger partial charge in [0.2, 0.25) is 5.95 Å². The Morgan fingerprint density at radius 3 is 2.48 bits per heavy atom. The number of aromatic nitrogens is 2. The van der Waals surface area contributed by atoms with Crippen molar-refractivity contribution in [1.82, 2.24) is 14.9 Å². The Morgan fingerprint density at radius 2 is 1.79 bits per heavy atom. The number of hydrogen-bond acceptors (Lipinski definition) is 6. The molecule has 1 aromatic heterocycles. The zero-order chi connectivity index (χ0) is 20.6. The molecule has 0 bridgehead atoms. The zero-order valence-electron chi connectivity index (χ0n) is 16.8. The largest absolute Gasteiger partial charge is 0.493 e. The van der Waals surface area contributed by atoms with E-state index in [4.69, 9.17) is 9.47 Å². The van der Waals surface area contributed by atoms with Crippen LogP contribution in [-0.2, 0) is 6.54 Å². The predicted molar refractivity (Wildman–Crippen MR) is 112 cm³/mol. The highest BCUT2D eigenvalue weighted by molar-refractivity contribution is 5.92. The third-order valence-corrected chi connectivity index (χ3v) is 4.40. The molecule has 1 amide bonds. The number of carbonyl (C=O) groups is 1. The molecule has 0 saturated heterocycles. The molecule has 0 atom stereocenters. The summed E-state index contributed by atoms with van der Waals surface area (Å²) in [6.45, 7) is 3.06. The third kappa shape index (κ3) is 5.01. The van der Waals surface area contributed by atoms with Gasteiger partial charge >= 0.3 is 0 Å². The maximum absolute atomic E-state index is 12.9. The average molecular weight is 392 g/mol. The van der Waals surface area contributed by atoms with Crippen molar-refractivity contribution in [1.29, 1.82) is 0 Å². The number of methoxy groups -OCH3 is 2. The van der Waals surface area contributed by atoms with Crippen LogP contribution in [-0.4, -0.2) is 41.5 Å². The summed E-state index contributed by atoms with van der Waals surface area (Å²) in [4.78, 5) is 23.3. The summed E-state index contributed by atoms with van der Waals surface area (Å²) in [5.41, 5.74) is 2.13. The Bertz CT molecular complexity index is 963. The van der Waals surface area contributed by atoms with Crippen molar-refractivity contribution in [3.8, 4) is 11.5 Å². The van der Waals surface area contributed by atoms with Crippen LogP contribution in [0.5, 0.6) is 11.5 Å². The van der Waals surface area contributed by atoms with Gasteiger partial charge in [0.15, 0.2) is 11.5 Å². The molecule has 0 unspecified atom stereocenters. The molecule has 0 spiro atoms. The summed E-state index contributed by atoms with van der Waals surface area (Å²) >= 11 is 0. The van der Waals surface area contributed by atoms with E-state index in [0.29, 0.717) is 36.2 Å². The first-order valence-corrected chi connectivity index (χ1v) is 9.30. The highest BCUT2D eigenvalue weighted by atomic mass is 16.5. The second-order valence-electron chi connectivity index (χ2n) is 6.27. The normalized spacial score (nSPS) is 10.3. The third-order valence-electron chi connectivity index (χ3n) is 4.40. The molecule has 2 aromatic carbocycles. The van der Waals surface area contributed by atoms with E-state index in [9.17, 15) is 4.79 Å². The lowest BCUT2D eigenvalue weighted by Gasteiger charge is -2.20. The first-order chi connectivity index (χ1) is 14.1. The fourth-order valence-corrected chi connectivity index (χ4v) is 2.87. The van der Waals surface area contributed by atoms with Crippen LogP contribution in [0, 0.1) is 0 Å². The first kappa shape index (κ1) is 20.1. The van der Waals surface area contributed by atoms with Crippen molar-refractivity contribution in [2.45, 2.75) is 13.5 Å². The lowest BCUT2D eigenvalue weighted by Crippen LogP contribution is -2.31. The lowest BCUT2D eigenvalue weighted by atomic mass is 10.2. The van der Waals surface area contributed by atoms with Crippen LogP contribution >= 0.6 is 0 Å². The van der Waals surface area contributed by atoms with Gasteiger partial charge in [0, 0.05) is 31.0 Å². The molecule has 1 heterocycles. The molecule has 0 aliphatic rings. The molecule has 3 rings (SSSR count). The van der Waals surface area contributed by atoms with Crippen molar-refractivity contribution >= 4 is 17.5 Å². The topological polar surface area (TPSA) is 76.6 Å². The number of nitrogens with one attached hydrogen (secondary N) is 1. The Hall–Kier alpha value is -3.61. The zero-order valence-corrected chi connectivity index (χ0v) is 16.8. The van der Waals surface area contributed by atoms with E-state index in [2.05, 4.69) is 15.3 Å². The minimum Gasteiger partial charge on any atom is -0.493 e. The Labute approximate surface area is 170 Å². The van der Waals surface area contributed by atoms with Gasteiger partial charge in [-0.2, -0.15) is 0 Å². The molecule has 7 heteroatoms. The van der Waals surface area contributed by atoms with Gasteiger partial charge in [-0.25, -0.2) is 9.97 Å². The Kier molecular flexibility index (Phi) is 6.63. The number of carbonyl (C=O) groups excluding carboxylic acids is 1. The maximum Gasteiger partial charge on any atom is 0.272 e. The number of nitrogens with zero attached hydrogens (tertiary/aromatic N) is 3. The van der Waals surface area contributed by atoms with Crippen LogP contribution in [0.15, 0.2) is 60.8 Å². The SMILES string of the molecule is CCN(Cc1ccccc1)C(=O)c1ccnc(Nc2ccc(OC)c(OC)c2)n1. The minimum atomic E-state index is -0.144. The van der Waals surface area contributed by atoms with Crippen LogP contribution in [0.3, 0.4) is 0 Å². The fourth-order valence-electron chi connectivity index (χ4n) is 2.87. The van der Waals surface area contributed by atoms with Crippen molar-refractivity contribution in [2.24, 2.45) is 0 Å². The number of hydrogen-bond donors (Lipinski definition) is 1. The molecule has 0 radical (unpaired) electrons. The summed E-state index contributed by atoms with van der Waals surface area (Å²) in [5, 5.41) is 3.10. The first-order valence-electron chi connectivity index (χ1n) is 9.30. The van der Waals surface area contributed by atoms with E-state index in [0.717, 1.165) is 11.3 Å². The Balaban J connectivity index is 1.77. The highest BCUT2D eigenvalue weighted by Crippen LogP contribution is 2.30. The number of amides is 1. The number of benzene rings is 2. The average Bonchev–Trinajstić information content (AvgIpc) is 2.77. The van der Waals surface area contributed by atoms with Crippen molar-refractivity contribution in [3.63, 3.8) is 0 Å². The van der Waals surface area contributed by atoms with Gasteiger partial charge in [-0.3, -0.25) is 4.79 Å². The molecule has 0 aliphatic carbocycles. The summed E-state index contributed by atoms with van der Waals surface area (Å²) in [5.74, 6) is 1.40. The standard InChI is InChI=1S/C22H24N4O3/c1-4-26(15-16-8-6-5-7-9-16)21(27)18-12-13-23-22(25-18)24-17-10-11-19(28-2)20(14-17)29-3/h5-14H,4,15H2,1-3H3,(H,23,24,25). The minimum absolute atomic E-state index is 0.144. The monoisotopic (exact) mass is 392 g/mol. The molecule has 150 valence electrons. The number of ether oxygens (including phenoxy) is 2. The molecule has 29 heavy (non-hydrogen) atoms. The van der Waals surface area contributed by atoms with Gasteiger partial charge in [-0.15, -0.1) is 0 Å². The summed E-state index contributed by atoms with van der Waals surface area (Å²) in [7, 11) is 3.15. The van der Waals surface area contributed by atoms with Crippen LogP contribution < -0.4 is 14.8 Å². The summed E-state index contributed by atoms with van der Waals surface area (Å²) in [6.07, 6.45) is 1.57. The van der Waals surface area contributed by atoms with E-state index in [1.807, 2.05) is 43.3 Å². The molecule has 1 N–H and O–H groups in total. The smallest absolute Gasteiger partial charge is 0.272 e. The van der Waals surface area contributed by atoms with E-state index < -0.39 is 0 Å². The van der Waals surface area contributed by atoms with Gasteiger partial charge in [0.1, 0.15) is 5.69 Å². The highest BCUT2D eigenvalue weighted by Gasteiger charge is 2.17. The van der Waals surface area contributed by atoms with Crippen LogP contribution in [0.1, 0.15) is 23.0 Å². The molecular weight excluding hydrogens is 368 g/mol. The molecule has 0 saturated carbocycles. The van der Waals surface area contributed by atoms with Gasteiger partial charge in [0.05, 0.1) is 14.2 Å². The van der Waals surface area contributed by atoms with E-state index in [1.54, 1.807) is 43.5 Å². The van der Waals surface area contributed by atoms with Crippen molar-refractivity contribution in [2.75, 3.05) is 26.1 Å². The predicted octanol–water partition coefficient (Wildman–Crippen LogP) is 3.90. The van der Waals surface area contributed by atoms with Crippen LogP contribution in [0.25, 0.3) is 0 Å². The summed E-state index contributed by atoms with van der Waals surface area (Å²) < 4.78 is 10.6. The molecular formula is C22H24N4O3. The summed E-state index contributed by atoms with van der Waals surface area (Å²) in [6, 6.07) is 16.9. The second-order valence-corrected chi connectivity index (χ2v) is 6.27. The number of anilines is 2. The van der Waals surface area contributed by atoms with Crippen molar-refractivity contribution in [3.05, 3.63) is 72.1 Å². The van der Waals surface area contributed by atoms with Gasteiger partial charge in [-0.1, -0.05) is 30.3 Å². The van der Waals surface area contributed by atoms with Gasteiger partial charge in [-0.05, 0) is 30.7 Å². The molecule has 7 nitrogen and oxygen atoms in total. The van der Waals surface area contributed by atoms with Gasteiger partial charge in [0.25, 0.3) is 5.91 Å². The molecule has 0 fully saturated rings. The van der Waals surface area contributed by atoms with E-state index in [-0.39, 0.29) is 5.91 Å². The second kappa shape index (κ2) is 9.54. The quantitative estimate of drug-likeness (QED) is 0.627. The Morgan fingerprint density at radius 1 is 1.03 bits per heavy atom. The molecule has 0 aliphatic heterocycles. The van der Waals surface area contributed by atoms with Crippen LogP contribution in [0.4, 0.5) is 11.6 Å². The molecule has 3 aromatic rings. The maximum atomic E-state index is 12.9. The van der Waals surface area contributed by atoms with Crippen LogP contribution in [0.2, 0.25) is 0 Å².